The third-order valence-electron chi connectivity index (χ3n) is 4.42. The first-order valence-electron chi connectivity index (χ1n) is 8.33. The predicted octanol–water partition coefficient (Wildman–Crippen LogP) is 4.93. The van der Waals surface area contributed by atoms with Gasteiger partial charge >= 0.3 is 0 Å². The van der Waals surface area contributed by atoms with E-state index in [0.717, 1.165) is 27.1 Å². The van der Waals surface area contributed by atoms with Crippen LogP contribution in [0.4, 0.5) is 4.39 Å². The predicted molar refractivity (Wildman–Crippen MR) is 104 cm³/mol. The topological polar surface area (TPSA) is 34.9 Å². The first-order valence-corrected chi connectivity index (χ1v) is 9.14. The Morgan fingerprint density at radius 3 is 2.62 bits per heavy atom. The average molecular weight is 364 g/mol. The minimum Gasteiger partial charge on any atom is -0.294 e. The molecule has 5 heteroatoms. The molecule has 0 saturated heterocycles. The molecule has 26 heavy (non-hydrogen) atoms. The van der Waals surface area contributed by atoms with Gasteiger partial charge in [0.15, 0.2) is 0 Å². The van der Waals surface area contributed by atoms with Crippen molar-refractivity contribution in [1.82, 2.24) is 9.55 Å². The van der Waals surface area contributed by atoms with E-state index in [1.165, 1.54) is 23.5 Å². The summed E-state index contributed by atoms with van der Waals surface area (Å²) in [6, 6.07) is 14.3. The Balaban J connectivity index is 1.88. The second kappa shape index (κ2) is 6.50. The molecule has 0 spiro atoms. The quantitative estimate of drug-likeness (QED) is 0.517. The summed E-state index contributed by atoms with van der Waals surface area (Å²) in [7, 11) is 0. The molecule has 0 radical (unpaired) electrons. The van der Waals surface area contributed by atoms with E-state index in [0.29, 0.717) is 16.8 Å². The summed E-state index contributed by atoms with van der Waals surface area (Å²) in [5.74, 6) is -0.291. The van der Waals surface area contributed by atoms with E-state index >= 15 is 0 Å². The first-order chi connectivity index (χ1) is 12.5. The molecule has 0 aliphatic rings. The number of fused-ring (bicyclic) bond motifs is 1. The van der Waals surface area contributed by atoms with E-state index in [9.17, 15) is 9.18 Å². The van der Waals surface area contributed by atoms with Crippen LogP contribution in [0.1, 0.15) is 16.0 Å². The van der Waals surface area contributed by atoms with Gasteiger partial charge in [-0.3, -0.25) is 9.36 Å². The maximum atomic E-state index is 13.3. The van der Waals surface area contributed by atoms with Crippen molar-refractivity contribution >= 4 is 21.6 Å². The van der Waals surface area contributed by atoms with Gasteiger partial charge in [0, 0.05) is 10.4 Å². The van der Waals surface area contributed by atoms with Gasteiger partial charge < -0.3 is 0 Å². The summed E-state index contributed by atoms with van der Waals surface area (Å²) in [6.45, 7) is 4.47. The Kier molecular flexibility index (Phi) is 4.17. The monoisotopic (exact) mass is 364 g/mol. The fourth-order valence-corrected chi connectivity index (χ4v) is 4.22. The number of rotatable bonds is 3. The summed E-state index contributed by atoms with van der Waals surface area (Å²) in [5, 5.41) is 0.606. The minimum atomic E-state index is -0.291. The number of hydrogen-bond donors (Lipinski definition) is 0. The summed E-state index contributed by atoms with van der Waals surface area (Å²) in [4.78, 5) is 19.4. The minimum absolute atomic E-state index is 0.0693. The molecule has 130 valence electrons. The van der Waals surface area contributed by atoms with Gasteiger partial charge in [0.05, 0.1) is 18.3 Å². The number of thiophene rings is 1. The first kappa shape index (κ1) is 16.7. The highest BCUT2D eigenvalue weighted by Gasteiger charge is 2.17. The molecule has 0 unspecified atom stereocenters. The van der Waals surface area contributed by atoms with Crippen molar-refractivity contribution in [2.45, 2.75) is 20.4 Å². The van der Waals surface area contributed by atoms with Crippen LogP contribution in [-0.2, 0) is 6.54 Å². The van der Waals surface area contributed by atoms with E-state index in [4.69, 9.17) is 0 Å². The fourth-order valence-electron chi connectivity index (χ4n) is 3.22. The van der Waals surface area contributed by atoms with Gasteiger partial charge in [-0.1, -0.05) is 42.0 Å². The van der Waals surface area contributed by atoms with Crippen LogP contribution < -0.4 is 5.56 Å². The Morgan fingerprint density at radius 2 is 1.88 bits per heavy atom. The van der Waals surface area contributed by atoms with Crippen molar-refractivity contribution in [1.29, 1.82) is 0 Å². The third kappa shape index (κ3) is 2.95. The van der Waals surface area contributed by atoms with Crippen LogP contribution >= 0.6 is 11.3 Å². The number of benzene rings is 2. The van der Waals surface area contributed by atoms with E-state index in [-0.39, 0.29) is 11.4 Å². The molecular formula is C21H17FN2OS. The van der Waals surface area contributed by atoms with Crippen LogP contribution in [0.5, 0.6) is 0 Å². The lowest BCUT2D eigenvalue weighted by molar-refractivity contribution is 0.628. The lowest BCUT2D eigenvalue weighted by atomic mass is 10.0. The zero-order valence-electron chi connectivity index (χ0n) is 14.5. The summed E-state index contributed by atoms with van der Waals surface area (Å²) >= 11 is 1.49. The molecule has 4 rings (SSSR count). The maximum absolute atomic E-state index is 13.3. The van der Waals surface area contributed by atoms with Crippen LogP contribution in [0, 0.1) is 19.7 Å². The molecule has 0 N–H and O–H groups in total. The van der Waals surface area contributed by atoms with Crippen molar-refractivity contribution in [3.05, 3.63) is 87.0 Å². The van der Waals surface area contributed by atoms with E-state index < -0.39 is 0 Å². The highest BCUT2D eigenvalue weighted by Crippen LogP contribution is 2.35. The van der Waals surface area contributed by atoms with Crippen molar-refractivity contribution in [2.24, 2.45) is 0 Å². The van der Waals surface area contributed by atoms with E-state index in [2.05, 4.69) is 11.1 Å². The number of aryl methyl sites for hydroxylation is 2. The Morgan fingerprint density at radius 1 is 1.12 bits per heavy atom. The normalized spacial score (nSPS) is 11.2. The standard InChI is InChI=1S/C21H17FN2OS/c1-13-4-3-5-15(10-13)11-24-12-23-20-19(21(24)25)18(14(2)26-20)16-6-8-17(22)9-7-16/h3-10,12H,11H2,1-2H3. The molecule has 0 bridgehead atoms. The second-order valence-corrected chi connectivity index (χ2v) is 7.59. The zero-order chi connectivity index (χ0) is 18.3. The number of aromatic nitrogens is 2. The molecule has 0 saturated carbocycles. The molecule has 2 heterocycles. The molecule has 0 amide bonds. The SMILES string of the molecule is Cc1cccc(Cn2cnc3sc(C)c(-c4ccc(F)cc4)c3c2=O)c1. The van der Waals surface area contributed by atoms with Crippen molar-refractivity contribution in [2.75, 3.05) is 0 Å². The van der Waals surface area contributed by atoms with Crippen LogP contribution in [0.15, 0.2) is 59.7 Å². The van der Waals surface area contributed by atoms with E-state index in [1.807, 2.05) is 32.0 Å². The lowest BCUT2D eigenvalue weighted by Crippen LogP contribution is -2.21. The highest BCUT2D eigenvalue weighted by molar-refractivity contribution is 7.19. The average Bonchev–Trinajstić information content (AvgIpc) is 2.95. The van der Waals surface area contributed by atoms with Gasteiger partial charge in [0.2, 0.25) is 0 Å². The van der Waals surface area contributed by atoms with Crippen LogP contribution in [-0.4, -0.2) is 9.55 Å². The van der Waals surface area contributed by atoms with Gasteiger partial charge in [-0.15, -0.1) is 11.3 Å². The molecule has 2 aromatic heterocycles. The molecule has 0 aliphatic heterocycles. The molecule has 0 fully saturated rings. The van der Waals surface area contributed by atoms with Crippen molar-refractivity contribution < 1.29 is 4.39 Å². The smallest absolute Gasteiger partial charge is 0.263 e. The summed E-state index contributed by atoms with van der Waals surface area (Å²) in [6.07, 6.45) is 1.61. The largest absolute Gasteiger partial charge is 0.294 e. The summed E-state index contributed by atoms with van der Waals surface area (Å²) < 4.78 is 14.9. The molecule has 3 nitrogen and oxygen atoms in total. The Bertz CT molecular complexity index is 1160. The second-order valence-electron chi connectivity index (χ2n) is 6.39. The van der Waals surface area contributed by atoms with Crippen LogP contribution in [0.25, 0.3) is 21.3 Å². The van der Waals surface area contributed by atoms with E-state index in [1.54, 1.807) is 23.0 Å². The number of nitrogens with zero attached hydrogens (tertiary/aromatic N) is 2. The van der Waals surface area contributed by atoms with Gasteiger partial charge in [0.1, 0.15) is 10.6 Å². The summed E-state index contributed by atoms with van der Waals surface area (Å²) in [5.41, 5.74) is 3.83. The fraction of sp³-hybridized carbons (Fsp3) is 0.143. The lowest BCUT2D eigenvalue weighted by Gasteiger charge is -2.07. The zero-order valence-corrected chi connectivity index (χ0v) is 15.3. The molecular weight excluding hydrogens is 347 g/mol. The van der Waals surface area contributed by atoms with Crippen LogP contribution in [0.2, 0.25) is 0 Å². The molecule has 2 aromatic carbocycles. The van der Waals surface area contributed by atoms with Gasteiger partial charge in [-0.25, -0.2) is 9.37 Å². The number of hydrogen-bond acceptors (Lipinski definition) is 3. The third-order valence-corrected chi connectivity index (χ3v) is 5.44. The van der Waals surface area contributed by atoms with Gasteiger partial charge in [-0.05, 0) is 37.1 Å². The van der Waals surface area contributed by atoms with Gasteiger partial charge in [-0.2, -0.15) is 0 Å². The molecule has 0 aliphatic carbocycles. The van der Waals surface area contributed by atoms with Crippen LogP contribution in [0.3, 0.4) is 0 Å². The maximum Gasteiger partial charge on any atom is 0.263 e. The molecule has 4 aromatic rings. The Labute approximate surface area is 154 Å². The van der Waals surface area contributed by atoms with Crippen molar-refractivity contribution in [3.8, 4) is 11.1 Å². The van der Waals surface area contributed by atoms with Gasteiger partial charge in [0.25, 0.3) is 5.56 Å². The number of halogens is 1. The Hall–Kier alpha value is -2.79. The molecule has 0 atom stereocenters. The van der Waals surface area contributed by atoms with Crippen molar-refractivity contribution in [3.63, 3.8) is 0 Å². The highest BCUT2D eigenvalue weighted by atomic mass is 32.1.